The summed E-state index contributed by atoms with van der Waals surface area (Å²) in [6.45, 7) is 16.2. The van der Waals surface area contributed by atoms with Gasteiger partial charge >= 0.3 is 15.6 Å². The molecule has 258 valence electrons. The van der Waals surface area contributed by atoms with Gasteiger partial charge in [0, 0.05) is 43.9 Å². The molecule has 0 spiro atoms. The van der Waals surface area contributed by atoms with E-state index >= 15 is 0 Å². The molecule has 4 aliphatic rings. The average Bonchev–Trinajstić information content (AvgIpc) is 2.98. The Morgan fingerprint density at radius 2 is 0.833 bits per heavy atom. The van der Waals surface area contributed by atoms with E-state index in [1.165, 1.54) is 0 Å². The predicted octanol–water partition coefficient (Wildman–Crippen LogP) is 9.06. The van der Waals surface area contributed by atoms with Gasteiger partial charge in [-0.3, -0.25) is 4.89 Å². The Morgan fingerprint density at radius 3 is 1.10 bits per heavy atom. The summed E-state index contributed by atoms with van der Waals surface area (Å²) in [6.07, 6.45) is 31.6. The summed E-state index contributed by atoms with van der Waals surface area (Å²) >= 11 is 0. The van der Waals surface area contributed by atoms with E-state index in [-0.39, 0.29) is 35.2 Å². The molecule has 10 heteroatoms. The highest BCUT2D eigenvalue weighted by Crippen LogP contribution is 2.65. The molecule has 0 bridgehead atoms. The van der Waals surface area contributed by atoms with Crippen LogP contribution in [-0.2, 0) is 35.1 Å². The van der Waals surface area contributed by atoms with Crippen molar-refractivity contribution in [2.45, 2.75) is 77.0 Å². The topological polar surface area (TPSA) is 134 Å². The summed E-state index contributed by atoms with van der Waals surface area (Å²) in [5, 5.41) is 13.1. The molecule has 9 atom stereocenters. The molecule has 0 saturated carbocycles. The second kappa shape index (κ2) is 12.4. The van der Waals surface area contributed by atoms with Gasteiger partial charge in [0.2, 0.25) is 0 Å². The lowest BCUT2D eigenvalue weighted by molar-refractivity contribution is 0.225. The van der Waals surface area contributed by atoms with Gasteiger partial charge in [-0.2, -0.15) is 4.31 Å². The Morgan fingerprint density at radius 1 is 0.542 bits per heavy atom. The minimum absolute atomic E-state index is 0.0339. The number of hydrogen-bond donors (Lipinski definition) is 4. The molecule has 0 heterocycles. The van der Waals surface area contributed by atoms with Crippen LogP contribution in [0.1, 0.15) is 77.6 Å². The van der Waals surface area contributed by atoms with Crippen LogP contribution in [0.4, 0.5) is 0 Å². The molecule has 4 aliphatic carbocycles. The minimum Gasteiger partial charge on any atom is -0.507 e. The number of rotatable bonds is 8. The van der Waals surface area contributed by atoms with Gasteiger partial charge in [0.15, 0.2) is 0 Å². The molecule has 0 aliphatic heterocycles. The van der Waals surface area contributed by atoms with E-state index in [9.17, 15) is 28.9 Å². The lowest BCUT2D eigenvalue weighted by Crippen LogP contribution is -2.41. The second-order valence-corrected chi connectivity index (χ2v) is 17.3. The molecule has 5 rings (SSSR count). The van der Waals surface area contributed by atoms with Crippen molar-refractivity contribution < 1.29 is 37.8 Å². The van der Waals surface area contributed by atoms with Crippen molar-refractivity contribution >= 4 is 15.6 Å². The molecular weight excluding hydrogens is 646 g/mol. The average molecular weight is 695 g/mol. The maximum absolute atomic E-state index is 13.8. The quantitative estimate of drug-likeness (QED) is 0.198. The van der Waals surface area contributed by atoms with Crippen LogP contribution >= 0.6 is 15.6 Å². The number of phenols is 1. The van der Waals surface area contributed by atoms with Gasteiger partial charge in [0.05, 0.1) is 0 Å². The van der Waals surface area contributed by atoms with E-state index in [4.69, 9.17) is 4.52 Å². The van der Waals surface area contributed by atoms with Crippen molar-refractivity contribution in [3.63, 3.8) is 0 Å². The summed E-state index contributed by atoms with van der Waals surface area (Å²) in [5.41, 5.74) is -1.61. The Kier molecular flexibility index (Phi) is 9.40. The predicted molar refractivity (Wildman–Crippen MR) is 191 cm³/mol. The molecule has 0 radical (unpaired) electrons. The Labute approximate surface area is 284 Å². The summed E-state index contributed by atoms with van der Waals surface area (Å²) in [7, 11) is -11.0. The van der Waals surface area contributed by atoms with E-state index in [1.54, 1.807) is 0 Å². The van der Waals surface area contributed by atoms with Crippen molar-refractivity contribution in [1.82, 2.24) is 0 Å². The van der Waals surface area contributed by atoms with Crippen LogP contribution in [0.2, 0.25) is 0 Å². The fourth-order valence-electron chi connectivity index (χ4n) is 7.74. The molecular formula is C38H48O8P2. The zero-order valence-electron chi connectivity index (χ0n) is 28.9. The molecule has 1 aromatic rings. The van der Waals surface area contributed by atoms with E-state index in [0.717, 1.165) is 0 Å². The molecule has 8 nitrogen and oxygen atoms in total. The van der Waals surface area contributed by atoms with E-state index in [1.807, 2.05) is 127 Å². The number of allylic oxidation sites excluding steroid dienone is 16. The Balaban J connectivity index is 2.10. The fraction of sp³-hybridized carbons (Fsp3) is 0.421. The molecule has 0 saturated heterocycles. The standard InChI is InChI=1S/C38H48O8P2/c1-25-17-9-13-21-35(25,5)29-31(37(7)23-15-11-19-27(37)3)34(45-48(43,44)46-47(40,41)42)32(38(8)24-16-12-20-28(38)4)30(33(29)39)36(6)22-14-10-18-26(36)2/h9-28,39H,1-8H3,(H,43,44)(H2,40,41,42). The monoisotopic (exact) mass is 694 g/mol. The lowest BCUT2D eigenvalue weighted by Gasteiger charge is -2.48. The van der Waals surface area contributed by atoms with Crippen LogP contribution in [-0.4, -0.2) is 19.8 Å². The summed E-state index contributed by atoms with van der Waals surface area (Å²) in [5.74, 6) is -0.632. The summed E-state index contributed by atoms with van der Waals surface area (Å²) < 4.78 is 36.5. The van der Waals surface area contributed by atoms with Crippen molar-refractivity contribution in [2.24, 2.45) is 23.7 Å². The molecule has 9 unspecified atom stereocenters. The van der Waals surface area contributed by atoms with Crippen molar-refractivity contribution in [1.29, 1.82) is 0 Å². The SMILES string of the molecule is CC1C=CC=CC1(C)c1c(O)c(C2(C)C=CC=CC2C)c(C2(C)C=CC=CC2C)c(OP(=O)(O)OP(=O)(O)O)c1C1(C)C=CC=CC1C. The fourth-order valence-corrected chi connectivity index (χ4v) is 9.37. The third-order valence-electron chi connectivity index (χ3n) is 11.6. The van der Waals surface area contributed by atoms with Crippen LogP contribution in [0.5, 0.6) is 11.5 Å². The number of hydrogen-bond acceptors (Lipinski definition) is 5. The highest BCUT2D eigenvalue weighted by molar-refractivity contribution is 7.60. The zero-order valence-corrected chi connectivity index (χ0v) is 30.7. The van der Waals surface area contributed by atoms with Crippen LogP contribution in [0.15, 0.2) is 97.2 Å². The van der Waals surface area contributed by atoms with Gasteiger partial charge in [-0.15, -0.1) is 0 Å². The maximum Gasteiger partial charge on any atom is 0.536 e. The highest BCUT2D eigenvalue weighted by atomic mass is 31.3. The lowest BCUT2D eigenvalue weighted by atomic mass is 9.56. The summed E-state index contributed by atoms with van der Waals surface area (Å²) in [6, 6.07) is 0. The van der Waals surface area contributed by atoms with Crippen molar-refractivity contribution in [3.8, 4) is 11.5 Å². The third-order valence-corrected chi connectivity index (χ3v) is 13.7. The third kappa shape index (κ3) is 6.06. The molecule has 48 heavy (non-hydrogen) atoms. The highest BCUT2D eigenvalue weighted by Gasteiger charge is 2.52. The number of phosphoric ester groups is 1. The van der Waals surface area contributed by atoms with E-state index in [2.05, 4.69) is 30.3 Å². The largest absolute Gasteiger partial charge is 0.536 e. The van der Waals surface area contributed by atoms with Crippen molar-refractivity contribution in [3.05, 3.63) is 119 Å². The summed E-state index contributed by atoms with van der Waals surface area (Å²) in [4.78, 5) is 30.7. The van der Waals surface area contributed by atoms with Gasteiger partial charge in [-0.05, 0) is 23.7 Å². The van der Waals surface area contributed by atoms with Crippen LogP contribution in [0, 0.1) is 23.7 Å². The number of benzene rings is 1. The van der Waals surface area contributed by atoms with Gasteiger partial charge in [-0.25, -0.2) is 9.13 Å². The van der Waals surface area contributed by atoms with Gasteiger partial charge in [0.25, 0.3) is 0 Å². The van der Waals surface area contributed by atoms with Gasteiger partial charge in [0.1, 0.15) is 11.5 Å². The molecule has 4 N–H and O–H groups in total. The number of aromatic hydroxyl groups is 1. The molecule has 0 fully saturated rings. The second-order valence-electron chi connectivity index (χ2n) is 14.6. The number of phenolic OH excluding ortho intramolecular Hbond substituents is 1. The van der Waals surface area contributed by atoms with E-state index in [0.29, 0.717) is 22.3 Å². The van der Waals surface area contributed by atoms with E-state index < -0.39 is 37.3 Å². The first-order valence-electron chi connectivity index (χ1n) is 16.4. The first-order valence-corrected chi connectivity index (χ1v) is 19.4. The maximum atomic E-state index is 13.8. The van der Waals surface area contributed by atoms with Crippen molar-refractivity contribution in [2.75, 3.05) is 0 Å². The van der Waals surface area contributed by atoms with Crippen LogP contribution in [0.3, 0.4) is 0 Å². The Hall–Kier alpha value is -2.96. The van der Waals surface area contributed by atoms with Crippen LogP contribution in [0.25, 0.3) is 0 Å². The van der Waals surface area contributed by atoms with Gasteiger partial charge < -0.3 is 19.4 Å². The first-order chi connectivity index (χ1) is 22.2. The van der Waals surface area contributed by atoms with Crippen LogP contribution < -0.4 is 4.52 Å². The Bertz CT molecular complexity index is 1720. The smallest absolute Gasteiger partial charge is 0.507 e. The molecule has 1 aromatic carbocycles. The normalized spacial score (nSPS) is 36.8. The minimum atomic E-state index is -5.49. The molecule has 0 aromatic heterocycles. The van der Waals surface area contributed by atoms with Gasteiger partial charge in [-0.1, -0.05) is 153 Å². The first kappa shape index (κ1) is 36.3. The molecule has 0 amide bonds. The zero-order chi connectivity index (χ0) is 35.5. The number of phosphoric acid groups is 2.